The van der Waals surface area contributed by atoms with Crippen molar-refractivity contribution in [2.24, 2.45) is 0 Å². The first kappa shape index (κ1) is 23.1. The zero-order chi connectivity index (χ0) is 23.4. The number of rotatable bonds is 7. The third-order valence-corrected chi connectivity index (χ3v) is 6.83. The van der Waals surface area contributed by atoms with Gasteiger partial charge in [-0.05, 0) is 44.7 Å². The topological polar surface area (TPSA) is 89.4 Å². The average Bonchev–Trinajstić information content (AvgIpc) is 3.45. The summed E-state index contributed by atoms with van der Waals surface area (Å²) >= 11 is 1.36. The summed E-state index contributed by atoms with van der Waals surface area (Å²) in [7, 11) is 0. The summed E-state index contributed by atoms with van der Waals surface area (Å²) < 4.78 is 7.22. The maximum atomic E-state index is 12.9. The molecule has 1 aromatic carbocycles. The van der Waals surface area contributed by atoms with E-state index in [1.807, 2.05) is 36.0 Å². The molecule has 1 saturated heterocycles. The van der Waals surface area contributed by atoms with E-state index in [0.717, 1.165) is 48.2 Å². The molecule has 0 aliphatic carbocycles. The molecular weight excluding hydrogens is 438 g/mol. The number of nitrogens with zero attached hydrogens (tertiary/aromatic N) is 4. The van der Waals surface area contributed by atoms with Crippen molar-refractivity contribution in [3.05, 3.63) is 52.9 Å². The zero-order valence-corrected chi connectivity index (χ0v) is 20.0. The molecule has 1 fully saturated rings. The quantitative estimate of drug-likeness (QED) is 0.527. The number of ether oxygens (including phenoxy) is 1. The number of anilines is 1. The molecule has 0 radical (unpaired) electrons. The van der Waals surface area contributed by atoms with E-state index in [4.69, 9.17) is 4.74 Å². The Balaban J connectivity index is 1.46. The van der Waals surface area contributed by atoms with Crippen LogP contribution in [0.2, 0.25) is 0 Å². The summed E-state index contributed by atoms with van der Waals surface area (Å²) in [6.07, 6.45) is 5.13. The van der Waals surface area contributed by atoms with Gasteiger partial charge in [0.25, 0.3) is 0 Å². The van der Waals surface area contributed by atoms with Crippen LogP contribution in [0, 0.1) is 13.8 Å². The summed E-state index contributed by atoms with van der Waals surface area (Å²) in [5.74, 6) is -0.550. The van der Waals surface area contributed by atoms with Gasteiger partial charge in [-0.3, -0.25) is 9.69 Å². The van der Waals surface area contributed by atoms with Gasteiger partial charge in [0.05, 0.1) is 19.2 Å². The number of esters is 1. The summed E-state index contributed by atoms with van der Waals surface area (Å²) in [5, 5.41) is 9.65. The number of likely N-dealkylation sites (tertiary alicyclic amines) is 1. The molecule has 8 nitrogen and oxygen atoms in total. The summed E-state index contributed by atoms with van der Waals surface area (Å²) in [4.78, 5) is 31.8. The van der Waals surface area contributed by atoms with Crippen LogP contribution in [-0.4, -0.2) is 57.8 Å². The van der Waals surface area contributed by atoms with Crippen molar-refractivity contribution < 1.29 is 14.3 Å². The fraction of sp³-hybridized carbons (Fsp3) is 0.417. The highest BCUT2D eigenvalue weighted by molar-refractivity contribution is 7.15. The zero-order valence-electron chi connectivity index (χ0n) is 19.2. The Labute approximate surface area is 197 Å². The molecule has 0 saturated carbocycles. The molecular formula is C24H29N5O3S. The summed E-state index contributed by atoms with van der Waals surface area (Å²) in [6.45, 7) is 8.01. The van der Waals surface area contributed by atoms with E-state index in [-0.39, 0.29) is 19.1 Å². The number of carbonyl (C=O) groups excluding carboxylic acids is 2. The Kier molecular flexibility index (Phi) is 7.20. The van der Waals surface area contributed by atoms with Crippen molar-refractivity contribution in [3.63, 3.8) is 0 Å². The van der Waals surface area contributed by atoms with Crippen LogP contribution in [0.25, 0.3) is 11.1 Å². The van der Waals surface area contributed by atoms with Crippen molar-refractivity contribution in [1.82, 2.24) is 19.7 Å². The van der Waals surface area contributed by atoms with E-state index < -0.39 is 5.97 Å². The van der Waals surface area contributed by atoms with Gasteiger partial charge in [-0.25, -0.2) is 14.5 Å². The Morgan fingerprint density at radius 1 is 1.21 bits per heavy atom. The number of nitrogens with one attached hydrogen (secondary N) is 1. The Morgan fingerprint density at radius 2 is 2.00 bits per heavy atom. The number of hydrogen-bond donors (Lipinski definition) is 1. The van der Waals surface area contributed by atoms with Gasteiger partial charge < -0.3 is 10.1 Å². The predicted octanol–water partition coefficient (Wildman–Crippen LogP) is 4.08. The summed E-state index contributed by atoms with van der Waals surface area (Å²) in [6, 6.07) is 6.44. The normalized spacial score (nSPS) is 14.9. The minimum absolute atomic E-state index is 0.131. The van der Waals surface area contributed by atoms with E-state index in [0.29, 0.717) is 16.6 Å². The standard InChI is InChI=1S/C24H29N5O3S/c1-4-32-24(31)22-20(19-6-5-16(2)11-17(19)3)13-33-23(22)27-21(30)12-28-9-7-18(8-10-28)29-15-25-14-26-29/h5-6,11,13-15,18H,4,7-10,12H2,1-3H3,(H,27,30). The fourth-order valence-electron chi connectivity index (χ4n) is 4.29. The first-order valence-electron chi connectivity index (χ1n) is 11.2. The van der Waals surface area contributed by atoms with Crippen LogP contribution in [0.4, 0.5) is 5.00 Å². The first-order chi connectivity index (χ1) is 16.0. The van der Waals surface area contributed by atoms with Crippen molar-refractivity contribution in [2.75, 3.05) is 31.6 Å². The van der Waals surface area contributed by atoms with E-state index >= 15 is 0 Å². The molecule has 4 rings (SSSR count). The molecule has 0 unspecified atom stereocenters. The van der Waals surface area contributed by atoms with E-state index in [2.05, 4.69) is 26.4 Å². The van der Waals surface area contributed by atoms with Crippen LogP contribution in [0.1, 0.15) is 47.3 Å². The number of amides is 1. The van der Waals surface area contributed by atoms with E-state index in [9.17, 15) is 9.59 Å². The lowest BCUT2D eigenvalue weighted by molar-refractivity contribution is -0.117. The lowest BCUT2D eigenvalue weighted by Gasteiger charge is -2.31. The molecule has 1 aliphatic rings. The predicted molar refractivity (Wildman–Crippen MR) is 129 cm³/mol. The Morgan fingerprint density at radius 3 is 2.67 bits per heavy atom. The maximum absolute atomic E-state index is 12.9. The lowest BCUT2D eigenvalue weighted by Crippen LogP contribution is -2.39. The largest absolute Gasteiger partial charge is 0.462 e. The molecule has 0 spiro atoms. The number of aryl methyl sites for hydroxylation is 2. The number of piperidine rings is 1. The molecule has 1 amide bonds. The highest BCUT2D eigenvalue weighted by Crippen LogP contribution is 2.38. The second-order valence-corrected chi connectivity index (χ2v) is 9.20. The van der Waals surface area contributed by atoms with E-state index in [1.165, 1.54) is 11.3 Å². The summed E-state index contributed by atoms with van der Waals surface area (Å²) in [5.41, 5.74) is 4.42. The number of carbonyl (C=O) groups is 2. The molecule has 1 N–H and O–H groups in total. The highest BCUT2D eigenvalue weighted by Gasteiger charge is 2.26. The van der Waals surface area contributed by atoms with Gasteiger partial charge in [0.2, 0.25) is 5.91 Å². The molecule has 3 heterocycles. The number of benzene rings is 1. The lowest BCUT2D eigenvalue weighted by atomic mass is 9.97. The monoisotopic (exact) mass is 467 g/mol. The Hall–Kier alpha value is -3.04. The van der Waals surface area contributed by atoms with Crippen LogP contribution in [0.15, 0.2) is 36.2 Å². The molecule has 1 aliphatic heterocycles. The highest BCUT2D eigenvalue weighted by atomic mass is 32.1. The van der Waals surface area contributed by atoms with Crippen LogP contribution < -0.4 is 5.32 Å². The molecule has 2 aromatic heterocycles. The molecule has 0 atom stereocenters. The SMILES string of the molecule is CCOC(=O)c1c(-c2ccc(C)cc2C)csc1NC(=O)CN1CCC(n2cncn2)CC1. The first-order valence-corrected chi connectivity index (χ1v) is 12.1. The second-order valence-electron chi connectivity index (χ2n) is 8.32. The van der Waals surface area contributed by atoms with Gasteiger partial charge in [-0.15, -0.1) is 11.3 Å². The van der Waals surface area contributed by atoms with Gasteiger partial charge in [0.15, 0.2) is 0 Å². The maximum Gasteiger partial charge on any atom is 0.341 e. The van der Waals surface area contributed by atoms with Crippen LogP contribution in [0.5, 0.6) is 0 Å². The number of hydrogen-bond acceptors (Lipinski definition) is 7. The molecule has 174 valence electrons. The number of thiophene rings is 1. The van der Waals surface area contributed by atoms with Crippen molar-refractivity contribution in [2.45, 2.75) is 39.7 Å². The minimum Gasteiger partial charge on any atom is -0.462 e. The van der Waals surface area contributed by atoms with Gasteiger partial charge >= 0.3 is 5.97 Å². The third-order valence-electron chi connectivity index (χ3n) is 5.93. The minimum atomic E-state index is -0.419. The van der Waals surface area contributed by atoms with Crippen LogP contribution in [-0.2, 0) is 9.53 Å². The molecule has 0 bridgehead atoms. The molecule has 3 aromatic rings. The van der Waals surface area contributed by atoms with Gasteiger partial charge in [-0.1, -0.05) is 23.8 Å². The average molecular weight is 468 g/mol. The van der Waals surface area contributed by atoms with Crippen molar-refractivity contribution in [1.29, 1.82) is 0 Å². The van der Waals surface area contributed by atoms with Gasteiger partial charge in [-0.2, -0.15) is 5.10 Å². The van der Waals surface area contributed by atoms with Crippen LogP contribution in [0.3, 0.4) is 0 Å². The van der Waals surface area contributed by atoms with Gasteiger partial charge in [0.1, 0.15) is 23.2 Å². The number of aromatic nitrogens is 3. The second kappa shape index (κ2) is 10.3. The van der Waals surface area contributed by atoms with Gasteiger partial charge in [0, 0.05) is 24.0 Å². The van der Waals surface area contributed by atoms with E-state index in [1.54, 1.807) is 19.6 Å². The molecule has 9 heteroatoms. The molecule has 33 heavy (non-hydrogen) atoms. The van der Waals surface area contributed by atoms with Crippen molar-refractivity contribution in [3.8, 4) is 11.1 Å². The third kappa shape index (κ3) is 5.31. The van der Waals surface area contributed by atoms with Crippen molar-refractivity contribution >= 4 is 28.2 Å². The van der Waals surface area contributed by atoms with Crippen LogP contribution >= 0.6 is 11.3 Å². The smallest absolute Gasteiger partial charge is 0.341 e. The Bertz CT molecular complexity index is 1120. The fourth-order valence-corrected chi connectivity index (χ4v) is 5.25.